The van der Waals surface area contributed by atoms with Crippen LogP contribution in [0.3, 0.4) is 0 Å². The molecule has 0 aliphatic carbocycles. The van der Waals surface area contributed by atoms with Crippen LogP contribution in [0.2, 0.25) is 5.02 Å². The van der Waals surface area contributed by atoms with Gasteiger partial charge in [-0.2, -0.15) is 10.2 Å². The lowest BCUT2D eigenvalue weighted by atomic mass is 10.0. The number of guanidine groups is 1. The van der Waals surface area contributed by atoms with Crippen molar-refractivity contribution in [1.82, 2.24) is 10.4 Å². The molecule has 0 spiro atoms. The standard InChI is InChI=1S/C17H16ClN5/c1-3-19-21-17-20-15-10-9-13(18)11-14(15)16(22-23(17)2)12-7-5-4-6-8-12/h3-11H,1-2H3,(H,20,21)/b19-3+. The van der Waals surface area contributed by atoms with E-state index >= 15 is 0 Å². The summed E-state index contributed by atoms with van der Waals surface area (Å²) in [4.78, 5) is 4.62. The molecule has 0 bridgehead atoms. The molecule has 2 aromatic rings. The van der Waals surface area contributed by atoms with Gasteiger partial charge in [0.25, 0.3) is 0 Å². The predicted octanol–water partition coefficient (Wildman–Crippen LogP) is 3.62. The Morgan fingerprint density at radius 3 is 2.70 bits per heavy atom. The molecule has 116 valence electrons. The van der Waals surface area contributed by atoms with Crippen LogP contribution >= 0.6 is 11.6 Å². The molecule has 1 aliphatic heterocycles. The molecule has 0 aromatic heterocycles. The quantitative estimate of drug-likeness (QED) is 0.677. The number of nitrogens with zero attached hydrogens (tertiary/aromatic N) is 4. The minimum Gasteiger partial charge on any atom is -0.246 e. The molecular weight excluding hydrogens is 310 g/mol. The first-order chi connectivity index (χ1) is 11.2. The summed E-state index contributed by atoms with van der Waals surface area (Å²) in [6, 6.07) is 15.5. The van der Waals surface area contributed by atoms with E-state index in [2.05, 4.69) is 20.6 Å². The SMILES string of the molecule is C/C=N/NC1=Nc2ccc(Cl)cc2C(c2ccccc2)=NN1C. The zero-order chi connectivity index (χ0) is 16.2. The van der Waals surface area contributed by atoms with Crippen molar-refractivity contribution in [1.29, 1.82) is 0 Å². The van der Waals surface area contributed by atoms with E-state index in [1.807, 2.05) is 62.5 Å². The lowest BCUT2D eigenvalue weighted by molar-refractivity contribution is 0.522. The first-order valence-electron chi connectivity index (χ1n) is 7.19. The summed E-state index contributed by atoms with van der Waals surface area (Å²) < 4.78 is 0. The van der Waals surface area contributed by atoms with Gasteiger partial charge in [0.05, 0.1) is 5.69 Å². The van der Waals surface area contributed by atoms with Crippen molar-refractivity contribution in [3.8, 4) is 0 Å². The Kier molecular flexibility index (Phi) is 4.39. The Hall–Kier alpha value is -2.66. The fraction of sp³-hybridized carbons (Fsp3) is 0.118. The molecule has 1 aliphatic rings. The second-order valence-electron chi connectivity index (χ2n) is 4.93. The fourth-order valence-electron chi connectivity index (χ4n) is 2.26. The van der Waals surface area contributed by atoms with Crippen molar-refractivity contribution in [3.63, 3.8) is 0 Å². The zero-order valence-electron chi connectivity index (χ0n) is 12.9. The Balaban J connectivity index is 2.17. The minimum atomic E-state index is 0.539. The largest absolute Gasteiger partial charge is 0.246 e. The third-order valence-electron chi connectivity index (χ3n) is 3.34. The van der Waals surface area contributed by atoms with Crippen molar-refractivity contribution < 1.29 is 0 Å². The maximum atomic E-state index is 6.18. The molecule has 0 saturated heterocycles. The van der Waals surface area contributed by atoms with Crippen molar-refractivity contribution in [3.05, 3.63) is 64.7 Å². The number of fused-ring (bicyclic) bond motifs is 1. The van der Waals surface area contributed by atoms with Gasteiger partial charge in [-0.25, -0.2) is 15.4 Å². The maximum absolute atomic E-state index is 6.18. The van der Waals surface area contributed by atoms with Gasteiger partial charge in [0.1, 0.15) is 5.71 Å². The number of hydrogen-bond donors (Lipinski definition) is 1. The summed E-state index contributed by atoms with van der Waals surface area (Å²) in [6.07, 6.45) is 1.66. The average molecular weight is 326 g/mol. The van der Waals surface area contributed by atoms with Crippen molar-refractivity contribution in [2.45, 2.75) is 6.92 Å². The van der Waals surface area contributed by atoms with Crippen LogP contribution < -0.4 is 5.43 Å². The van der Waals surface area contributed by atoms with Crippen molar-refractivity contribution in [2.24, 2.45) is 15.2 Å². The van der Waals surface area contributed by atoms with Crippen LogP contribution in [0.5, 0.6) is 0 Å². The number of benzene rings is 2. The second kappa shape index (κ2) is 6.62. The molecule has 1 N–H and O–H groups in total. The van der Waals surface area contributed by atoms with Gasteiger partial charge in [-0.05, 0) is 25.1 Å². The summed E-state index contributed by atoms with van der Waals surface area (Å²) in [6.45, 7) is 1.83. The van der Waals surface area contributed by atoms with Crippen LogP contribution in [0.25, 0.3) is 0 Å². The second-order valence-corrected chi connectivity index (χ2v) is 5.37. The molecule has 1 heterocycles. The molecule has 0 amide bonds. The summed E-state index contributed by atoms with van der Waals surface area (Å²) in [5.41, 5.74) is 6.37. The highest BCUT2D eigenvalue weighted by molar-refractivity contribution is 6.31. The Bertz CT molecular complexity index is 796. The number of rotatable bonds is 2. The van der Waals surface area contributed by atoms with Crippen LogP contribution in [0.4, 0.5) is 5.69 Å². The van der Waals surface area contributed by atoms with Gasteiger partial charge in [-0.3, -0.25) is 0 Å². The summed E-state index contributed by atoms with van der Waals surface area (Å²) in [7, 11) is 1.83. The lowest BCUT2D eigenvalue weighted by Crippen LogP contribution is -2.32. The molecule has 0 unspecified atom stereocenters. The van der Waals surface area contributed by atoms with Gasteiger partial charge in [0, 0.05) is 29.4 Å². The summed E-state index contributed by atoms with van der Waals surface area (Å²) >= 11 is 6.18. The molecule has 23 heavy (non-hydrogen) atoms. The topological polar surface area (TPSA) is 52.4 Å². The number of hydrogen-bond acceptors (Lipinski definition) is 5. The molecule has 0 radical (unpaired) electrons. The van der Waals surface area contributed by atoms with Crippen LogP contribution in [0.1, 0.15) is 18.1 Å². The number of hydrazone groups is 2. The van der Waals surface area contributed by atoms with Gasteiger partial charge in [-0.1, -0.05) is 41.9 Å². The third-order valence-corrected chi connectivity index (χ3v) is 3.57. The Morgan fingerprint density at radius 1 is 1.17 bits per heavy atom. The summed E-state index contributed by atoms with van der Waals surface area (Å²) in [5.74, 6) is 0.539. The predicted molar refractivity (Wildman–Crippen MR) is 95.7 cm³/mol. The normalized spacial score (nSPS) is 14.1. The third kappa shape index (κ3) is 3.24. The highest BCUT2D eigenvalue weighted by Crippen LogP contribution is 2.28. The first kappa shape index (κ1) is 15.2. The van der Waals surface area contributed by atoms with Gasteiger partial charge in [-0.15, -0.1) is 0 Å². The van der Waals surface area contributed by atoms with Gasteiger partial charge < -0.3 is 0 Å². The summed E-state index contributed by atoms with van der Waals surface area (Å²) in [5, 5.41) is 11.0. The fourth-order valence-corrected chi connectivity index (χ4v) is 2.43. The van der Waals surface area contributed by atoms with E-state index < -0.39 is 0 Å². The molecule has 0 saturated carbocycles. The maximum Gasteiger partial charge on any atom is 0.240 e. The number of aliphatic imine (C=N–C) groups is 1. The highest BCUT2D eigenvalue weighted by Gasteiger charge is 2.19. The molecule has 3 rings (SSSR count). The van der Waals surface area contributed by atoms with Gasteiger partial charge in [0.2, 0.25) is 5.96 Å². The molecule has 0 fully saturated rings. The minimum absolute atomic E-state index is 0.539. The zero-order valence-corrected chi connectivity index (χ0v) is 13.6. The van der Waals surface area contributed by atoms with E-state index in [4.69, 9.17) is 11.6 Å². The molecule has 6 heteroatoms. The van der Waals surface area contributed by atoms with E-state index in [1.165, 1.54) is 0 Å². The molecular formula is C17H16ClN5. The van der Waals surface area contributed by atoms with Gasteiger partial charge >= 0.3 is 0 Å². The van der Waals surface area contributed by atoms with Crippen molar-refractivity contribution >= 4 is 35.2 Å². The lowest BCUT2D eigenvalue weighted by Gasteiger charge is -2.14. The van der Waals surface area contributed by atoms with E-state index in [9.17, 15) is 0 Å². The van der Waals surface area contributed by atoms with Crippen LogP contribution in [-0.2, 0) is 0 Å². The van der Waals surface area contributed by atoms with Crippen LogP contribution in [0, 0.1) is 0 Å². The van der Waals surface area contributed by atoms with Crippen LogP contribution in [0.15, 0.2) is 63.7 Å². The average Bonchev–Trinajstić information content (AvgIpc) is 2.71. The van der Waals surface area contributed by atoms with E-state index in [0.29, 0.717) is 11.0 Å². The van der Waals surface area contributed by atoms with E-state index in [0.717, 1.165) is 22.5 Å². The molecule has 5 nitrogen and oxygen atoms in total. The Morgan fingerprint density at radius 2 is 1.96 bits per heavy atom. The molecule has 0 atom stereocenters. The molecule has 2 aromatic carbocycles. The number of nitrogens with one attached hydrogen (secondary N) is 1. The van der Waals surface area contributed by atoms with E-state index in [1.54, 1.807) is 11.2 Å². The van der Waals surface area contributed by atoms with E-state index in [-0.39, 0.29) is 0 Å². The smallest absolute Gasteiger partial charge is 0.240 e. The first-order valence-corrected chi connectivity index (χ1v) is 7.57. The van der Waals surface area contributed by atoms with Crippen LogP contribution in [-0.4, -0.2) is 29.9 Å². The Labute approximate surface area is 140 Å². The van der Waals surface area contributed by atoms with Crippen molar-refractivity contribution in [2.75, 3.05) is 7.05 Å². The van der Waals surface area contributed by atoms with Gasteiger partial charge in [0.15, 0.2) is 0 Å². The highest BCUT2D eigenvalue weighted by atomic mass is 35.5. The number of halogens is 1. The monoisotopic (exact) mass is 325 g/mol.